The topological polar surface area (TPSA) is 101 Å². The Bertz CT molecular complexity index is 1640. The molecule has 1 heterocycles. The molecule has 1 N–H and O–H groups in total. The molecule has 38 heavy (non-hydrogen) atoms. The number of hydrogen-bond donors (Lipinski definition) is 1. The number of hydrogen-bond acceptors (Lipinski definition) is 4. The van der Waals surface area contributed by atoms with Crippen LogP contribution in [-0.2, 0) is 6.54 Å². The van der Waals surface area contributed by atoms with Crippen molar-refractivity contribution in [2.45, 2.75) is 6.54 Å². The van der Waals surface area contributed by atoms with Crippen LogP contribution in [0.15, 0.2) is 115 Å². The van der Waals surface area contributed by atoms with E-state index in [1.165, 1.54) is 24.3 Å². The molecule has 0 atom stereocenters. The number of nitro groups is 1. The van der Waals surface area contributed by atoms with Gasteiger partial charge in [-0.25, -0.2) is 0 Å². The standard InChI is InChI=1S/C31H22N4O3/c32-20-27-28(23-12-6-2-7-13-23)29(24-14-8-3-9-15-24)34(21-22-10-4-1-5-11-22)30(27)33-31(36)25-16-18-26(19-17-25)35(37)38/h1-19H,21H2,(H,33,36). The Morgan fingerprint density at radius 2 is 1.37 bits per heavy atom. The van der Waals surface area contributed by atoms with E-state index in [0.29, 0.717) is 23.5 Å². The summed E-state index contributed by atoms with van der Waals surface area (Å²) in [6.45, 7) is 0.405. The lowest BCUT2D eigenvalue weighted by Crippen LogP contribution is -2.17. The van der Waals surface area contributed by atoms with Crippen molar-refractivity contribution in [3.63, 3.8) is 0 Å². The Balaban J connectivity index is 1.72. The van der Waals surface area contributed by atoms with Gasteiger partial charge in [0.05, 0.1) is 10.6 Å². The first-order chi connectivity index (χ1) is 18.6. The van der Waals surface area contributed by atoms with Crippen molar-refractivity contribution in [3.8, 4) is 28.5 Å². The van der Waals surface area contributed by atoms with Crippen molar-refractivity contribution >= 4 is 17.4 Å². The highest BCUT2D eigenvalue weighted by atomic mass is 16.6. The predicted molar refractivity (Wildman–Crippen MR) is 147 cm³/mol. The molecule has 0 aliphatic carbocycles. The number of non-ortho nitro benzene ring substituents is 1. The molecule has 0 aliphatic rings. The van der Waals surface area contributed by atoms with Crippen LogP contribution in [0.25, 0.3) is 22.4 Å². The van der Waals surface area contributed by atoms with Crippen molar-refractivity contribution in [1.29, 1.82) is 5.26 Å². The van der Waals surface area contributed by atoms with Gasteiger partial charge in [-0.05, 0) is 28.8 Å². The van der Waals surface area contributed by atoms with Crippen molar-refractivity contribution in [2.24, 2.45) is 0 Å². The number of nitrogens with zero attached hydrogens (tertiary/aromatic N) is 3. The van der Waals surface area contributed by atoms with Gasteiger partial charge in [0.15, 0.2) is 0 Å². The van der Waals surface area contributed by atoms with E-state index in [9.17, 15) is 20.2 Å². The largest absolute Gasteiger partial charge is 0.321 e. The smallest absolute Gasteiger partial charge is 0.269 e. The fraction of sp³-hybridized carbons (Fsp3) is 0.0323. The monoisotopic (exact) mass is 498 g/mol. The molecule has 7 nitrogen and oxygen atoms in total. The number of nitro benzene ring substituents is 1. The predicted octanol–water partition coefficient (Wildman–Crippen LogP) is 6.90. The molecule has 0 saturated heterocycles. The van der Waals surface area contributed by atoms with Gasteiger partial charge in [-0.1, -0.05) is 91.0 Å². The molecule has 7 heteroatoms. The molecule has 0 fully saturated rings. The average molecular weight is 499 g/mol. The van der Waals surface area contributed by atoms with E-state index in [-0.39, 0.29) is 11.3 Å². The van der Waals surface area contributed by atoms with Gasteiger partial charge in [0.2, 0.25) is 0 Å². The molecule has 0 unspecified atom stereocenters. The molecule has 0 aliphatic heterocycles. The summed E-state index contributed by atoms with van der Waals surface area (Å²) in [5, 5.41) is 24.4. The number of carbonyl (C=O) groups is 1. The molecule has 0 bridgehead atoms. The van der Waals surface area contributed by atoms with Crippen LogP contribution in [0.4, 0.5) is 11.5 Å². The maximum Gasteiger partial charge on any atom is 0.269 e. The summed E-state index contributed by atoms with van der Waals surface area (Å²) in [5.41, 5.74) is 4.73. The van der Waals surface area contributed by atoms with Crippen molar-refractivity contribution in [1.82, 2.24) is 4.57 Å². The normalized spacial score (nSPS) is 10.5. The third-order valence-corrected chi connectivity index (χ3v) is 6.24. The SMILES string of the molecule is N#Cc1c(-c2ccccc2)c(-c2ccccc2)n(Cc2ccccc2)c1NC(=O)c1ccc([N+](=O)[O-])cc1. The van der Waals surface area contributed by atoms with Gasteiger partial charge >= 0.3 is 0 Å². The lowest BCUT2D eigenvalue weighted by atomic mass is 9.98. The summed E-state index contributed by atoms with van der Waals surface area (Å²) in [6.07, 6.45) is 0. The summed E-state index contributed by atoms with van der Waals surface area (Å²) in [7, 11) is 0. The van der Waals surface area contributed by atoms with E-state index in [1.54, 1.807) is 0 Å². The van der Waals surface area contributed by atoms with Crippen LogP contribution >= 0.6 is 0 Å². The molecule has 5 rings (SSSR count). The van der Waals surface area contributed by atoms with Crippen molar-refractivity contribution in [2.75, 3.05) is 5.32 Å². The lowest BCUT2D eigenvalue weighted by Gasteiger charge is -2.16. The second-order valence-electron chi connectivity index (χ2n) is 8.62. The van der Waals surface area contributed by atoms with Gasteiger partial charge in [-0.3, -0.25) is 14.9 Å². The van der Waals surface area contributed by atoms with E-state index >= 15 is 0 Å². The molecular weight excluding hydrogens is 476 g/mol. The zero-order valence-electron chi connectivity index (χ0n) is 20.2. The molecule has 184 valence electrons. The Hall–Kier alpha value is -5.48. The zero-order valence-corrected chi connectivity index (χ0v) is 20.2. The van der Waals surface area contributed by atoms with Crippen LogP contribution in [0.2, 0.25) is 0 Å². The number of amides is 1. The van der Waals surface area contributed by atoms with Gasteiger partial charge in [0, 0.05) is 29.8 Å². The van der Waals surface area contributed by atoms with E-state index in [1.807, 2.05) is 95.6 Å². The summed E-state index contributed by atoms with van der Waals surface area (Å²) >= 11 is 0. The first-order valence-electron chi connectivity index (χ1n) is 11.9. The van der Waals surface area contributed by atoms with Crippen molar-refractivity contribution < 1.29 is 9.72 Å². The molecule has 1 amide bonds. The number of rotatable bonds is 7. The number of aromatic nitrogens is 1. The van der Waals surface area contributed by atoms with E-state index in [4.69, 9.17) is 0 Å². The second kappa shape index (κ2) is 10.6. The molecule has 5 aromatic rings. The summed E-state index contributed by atoms with van der Waals surface area (Å²) < 4.78 is 1.95. The Labute approximate surface area is 219 Å². The first-order valence-corrected chi connectivity index (χ1v) is 11.9. The second-order valence-corrected chi connectivity index (χ2v) is 8.62. The minimum absolute atomic E-state index is 0.107. The molecule has 4 aromatic carbocycles. The highest BCUT2D eigenvalue weighted by Crippen LogP contribution is 2.42. The minimum atomic E-state index is -0.515. The van der Waals surface area contributed by atoms with Crippen LogP contribution in [0.3, 0.4) is 0 Å². The minimum Gasteiger partial charge on any atom is -0.321 e. The van der Waals surface area contributed by atoms with Gasteiger partial charge in [0.1, 0.15) is 17.5 Å². The van der Waals surface area contributed by atoms with Crippen LogP contribution in [0, 0.1) is 21.4 Å². The van der Waals surface area contributed by atoms with Crippen LogP contribution in [0.1, 0.15) is 21.5 Å². The molecular formula is C31H22N4O3. The van der Waals surface area contributed by atoms with Crippen LogP contribution in [-0.4, -0.2) is 15.4 Å². The van der Waals surface area contributed by atoms with Crippen molar-refractivity contribution in [3.05, 3.63) is 142 Å². The third kappa shape index (κ3) is 4.79. The van der Waals surface area contributed by atoms with Crippen LogP contribution in [0.5, 0.6) is 0 Å². The Morgan fingerprint density at radius 1 is 0.816 bits per heavy atom. The van der Waals surface area contributed by atoms with Gasteiger partial charge in [0.25, 0.3) is 11.6 Å². The first kappa shape index (κ1) is 24.2. The van der Waals surface area contributed by atoms with Gasteiger partial charge in [-0.15, -0.1) is 0 Å². The number of nitriles is 1. The van der Waals surface area contributed by atoms with E-state index in [0.717, 1.165) is 22.4 Å². The lowest BCUT2D eigenvalue weighted by molar-refractivity contribution is -0.384. The summed E-state index contributed by atoms with van der Waals surface area (Å²) in [4.78, 5) is 23.9. The Kier molecular flexibility index (Phi) is 6.79. The fourth-order valence-electron chi connectivity index (χ4n) is 4.48. The molecule has 1 aromatic heterocycles. The maximum absolute atomic E-state index is 13.4. The number of benzene rings is 4. The molecule has 0 spiro atoms. The highest BCUT2D eigenvalue weighted by molar-refractivity contribution is 6.06. The van der Waals surface area contributed by atoms with Gasteiger partial charge in [-0.2, -0.15) is 5.26 Å². The third-order valence-electron chi connectivity index (χ3n) is 6.24. The molecule has 0 saturated carbocycles. The number of carbonyl (C=O) groups excluding carboxylic acids is 1. The molecule has 0 radical (unpaired) electrons. The average Bonchev–Trinajstić information content (AvgIpc) is 3.27. The fourth-order valence-corrected chi connectivity index (χ4v) is 4.48. The zero-order chi connectivity index (χ0) is 26.5. The highest BCUT2D eigenvalue weighted by Gasteiger charge is 2.27. The number of nitrogens with one attached hydrogen (secondary N) is 1. The van der Waals surface area contributed by atoms with Gasteiger partial charge < -0.3 is 9.88 Å². The number of anilines is 1. The summed E-state index contributed by atoms with van der Waals surface area (Å²) in [6, 6.07) is 36.9. The quantitative estimate of drug-likeness (QED) is 0.195. The summed E-state index contributed by atoms with van der Waals surface area (Å²) in [5.74, 6) is -0.111. The van der Waals surface area contributed by atoms with E-state index < -0.39 is 10.8 Å². The van der Waals surface area contributed by atoms with E-state index in [2.05, 4.69) is 11.4 Å². The Morgan fingerprint density at radius 3 is 1.92 bits per heavy atom. The maximum atomic E-state index is 13.4. The van der Waals surface area contributed by atoms with Crippen LogP contribution < -0.4 is 5.32 Å².